The third-order valence-electron chi connectivity index (χ3n) is 1.45. The Balaban J connectivity index is 2.86. The van der Waals surface area contributed by atoms with Crippen LogP contribution in [0.4, 0.5) is 5.69 Å². The van der Waals surface area contributed by atoms with Crippen molar-refractivity contribution in [3.8, 4) is 0 Å². The van der Waals surface area contributed by atoms with Gasteiger partial charge in [0.1, 0.15) is 0 Å². The molecule has 0 saturated carbocycles. The predicted octanol–water partition coefficient (Wildman–Crippen LogP) is 2.64. The molecule has 0 fully saturated rings. The summed E-state index contributed by atoms with van der Waals surface area (Å²) < 4.78 is 2.10. The van der Waals surface area contributed by atoms with E-state index in [-0.39, 0.29) is 0 Å². The van der Waals surface area contributed by atoms with E-state index in [4.69, 9.17) is 5.73 Å². The van der Waals surface area contributed by atoms with Crippen LogP contribution in [0.1, 0.15) is 0 Å². The van der Waals surface area contributed by atoms with Crippen LogP contribution in [0, 0.1) is 0 Å². The van der Waals surface area contributed by atoms with Gasteiger partial charge < -0.3 is 5.73 Å². The lowest BCUT2D eigenvalue weighted by Gasteiger charge is -1.95. The van der Waals surface area contributed by atoms with Gasteiger partial charge >= 0.3 is 0 Å². The van der Waals surface area contributed by atoms with Gasteiger partial charge in [-0.15, -0.1) is 11.3 Å². The van der Waals surface area contributed by atoms with E-state index in [0.717, 1.165) is 20.4 Å². The average Bonchev–Trinajstić information content (AvgIpc) is 2.36. The van der Waals surface area contributed by atoms with E-state index in [9.17, 15) is 0 Å². The standard InChI is InChI=1S/C7H5BrN2S/c8-4-1-7-6(2-5(4)9)10-3-11-7/h1-3H,9H2. The lowest BCUT2D eigenvalue weighted by Crippen LogP contribution is -1.84. The first-order chi connectivity index (χ1) is 5.27. The number of hydrogen-bond acceptors (Lipinski definition) is 3. The molecule has 2 rings (SSSR count). The molecule has 0 amide bonds. The molecule has 11 heavy (non-hydrogen) atoms. The molecule has 0 atom stereocenters. The number of nitrogens with two attached hydrogens (primary N) is 1. The van der Waals surface area contributed by atoms with Gasteiger partial charge in [-0.05, 0) is 28.1 Å². The highest BCUT2D eigenvalue weighted by atomic mass is 79.9. The van der Waals surface area contributed by atoms with Crippen LogP contribution in [0.5, 0.6) is 0 Å². The topological polar surface area (TPSA) is 38.9 Å². The second-order valence-corrected chi connectivity index (χ2v) is 3.93. The highest BCUT2D eigenvalue weighted by molar-refractivity contribution is 9.10. The second kappa shape index (κ2) is 2.46. The SMILES string of the molecule is Nc1cc2ncsc2cc1Br. The summed E-state index contributed by atoms with van der Waals surface area (Å²) in [5.74, 6) is 0. The fraction of sp³-hybridized carbons (Fsp3) is 0. The van der Waals surface area contributed by atoms with Gasteiger partial charge in [0.05, 0.1) is 15.7 Å². The zero-order chi connectivity index (χ0) is 7.84. The quantitative estimate of drug-likeness (QED) is 0.705. The summed E-state index contributed by atoms with van der Waals surface area (Å²) in [5, 5.41) is 0. The van der Waals surface area contributed by atoms with Gasteiger partial charge in [0, 0.05) is 10.2 Å². The number of aromatic nitrogens is 1. The van der Waals surface area contributed by atoms with Crippen molar-refractivity contribution >= 4 is 43.2 Å². The lowest BCUT2D eigenvalue weighted by atomic mass is 10.3. The number of fused-ring (bicyclic) bond motifs is 1. The Kier molecular flexibility index (Phi) is 1.58. The molecule has 2 N–H and O–H groups in total. The Morgan fingerprint density at radius 2 is 2.27 bits per heavy atom. The van der Waals surface area contributed by atoms with Gasteiger partial charge in [0.2, 0.25) is 0 Å². The summed E-state index contributed by atoms with van der Waals surface area (Å²) in [6.45, 7) is 0. The van der Waals surface area contributed by atoms with Crippen molar-refractivity contribution in [2.75, 3.05) is 5.73 Å². The molecule has 1 heterocycles. The molecule has 0 unspecified atom stereocenters. The van der Waals surface area contributed by atoms with Gasteiger partial charge in [-0.1, -0.05) is 0 Å². The average molecular weight is 229 g/mol. The molecule has 0 aliphatic heterocycles. The normalized spacial score (nSPS) is 10.6. The number of hydrogen-bond donors (Lipinski definition) is 1. The molecule has 2 aromatic rings. The number of nitrogen functional groups attached to an aromatic ring is 1. The van der Waals surface area contributed by atoms with Gasteiger partial charge in [-0.2, -0.15) is 0 Å². The van der Waals surface area contributed by atoms with Crippen molar-refractivity contribution in [1.29, 1.82) is 0 Å². The molecule has 0 radical (unpaired) electrons. The molecule has 1 aromatic carbocycles. The third-order valence-corrected chi connectivity index (χ3v) is 2.93. The van der Waals surface area contributed by atoms with Crippen LogP contribution in [0.2, 0.25) is 0 Å². The molecule has 0 bridgehead atoms. The van der Waals surface area contributed by atoms with E-state index in [1.807, 2.05) is 17.6 Å². The Labute approximate surface area is 76.2 Å². The maximum Gasteiger partial charge on any atom is 0.0833 e. The van der Waals surface area contributed by atoms with Crippen molar-refractivity contribution in [1.82, 2.24) is 4.98 Å². The minimum absolute atomic E-state index is 0.739. The van der Waals surface area contributed by atoms with Crippen molar-refractivity contribution in [3.05, 3.63) is 22.1 Å². The highest BCUT2D eigenvalue weighted by Crippen LogP contribution is 2.27. The first-order valence-corrected chi connectivity index (χ1v) is 4.73. The van der Waals surface area contributed by atoms with Crippen LogP contribution < -0.4 is 5.73 Å². The van der Waals surface area contributed by atoms with Gasteiger partial charge in [0.15, 0.2) is 0 Å². The monoisotopic (exact) mass is 228 g/mol. The summed E-state index contributed by atoms with van der Waals surface area (Å²) in [6, 6.07) is 3.86. The Hall–Kier alpha value is -0.610. The van der Waals surface area contributed by atoms with Crippen molar-refractivity contribution < 1.29 is 0 Å². The van der Waals surface area contributed by atoms with Crippen LogP contribution in [-0.4, -0.2) is 4.98 Å². The van der Waals surface area contributed by atoms with Crippen molar-refractivity contribution in [3.63, 3.8) is 0 Å². The van der Waals surface area contributed by atoms with E-state index < -0.39 is 0 Å². The van der Waals surface area contributed by atoms with Crippen molar-refractivity contribution in [2.45, 2.75) is 0 Å². The van der Waals surface area contributed by atoms with Crippen LogP contribution in [-0.2, 0) is 0 Å². The number of rotatable bonds is 0. The Morgan fingerprint density at radius 1 is 1.45 bits per heavy atom. The predicted molar refractivity (Wildman–Crippen MR) is 51.7 cm³/mol. The molecule has 0 aliphatic rings. The summed E-state index contributed by atoms with van der Waals surface area (Å²) >= 11 is 4.97. The van der Waals surface area contributed by atoms with Crippen molar-refractivity contribution in [2.24, 2.45) is 0 Å². The molecular weight excluding hydrogens is 224 g/mol. The summed E-state index contributed by atoms with van der Waals surface area (Å²) in [4.78, 5) is 4.14. The van der Waals surface area contributed by atoms with Gasteiger partial charge in [0.25, 0.3) is 0 Å². The van der Waals surface area contributed by atoms with Crippen LogP contribution in [0.3, 0.4) is 0 Å². The molecule has 1 aromatic heterocycles. The van der Waals surface area contributed by atoms with Gasteiger partial charge in [-0.25, -0.2) is 4.98 Å². The number of anilines is 1. The van der Waals surface area contributed by atoms with E-state index in [1.54, 1.807) is 11.3 Å². The molecule has 0 spiro atoms. The van der Waals surface area contributed by atoms with E-state index in [1.165, 1.54) is 0 Å². The maximum absolute atomic E-state index is 5.66. The molecule has 0 aliphatic carbocycles. The lowest BCUT2D eigenvalue weighted by molar-refractivity contribution is 1.50. The fourth-order valence-electron chi connectivity index (χ4n) is 0.895. The summed E-state index contributed by atoms with van der Waals surface area (Å²) in [7, 11) is 0. The third kappa shape index (κ3) is 1.12. The maximum atomic E-state index is 5.66. The first-order valence-electron chi connectivity index (χ1n) is 3.05. The zero-order valence-corrected chi connectivity index (χ0v) is 7.95. The van der Waals surface area contributed by atoms with Gasteiger partial charge in [-0.3, -0.25) is 0 Å². The highest BCUT2D eigenvalue weighted by Gasteiger charge is 2.00. The number of benzene rings is 1. The number of thiazole rings is 1. The minimum Gasteiger partial charge on any atom is -0.398 e. The summed E-state index contributed by atoms with van der Waals surface area (Å²) in [5.41, 5.74) is 9.19. The summed E-state index contributed by atoms with van der Waals surface area (Å²) in [6.07, 6.45) is 0. The molecule has 2 nitrogen and oxygen atoms in total. The Bertz CT molecular complexity index is 360. The fourth-order valence-corrected chi connectivity index (χ4v) is 2.09. The minimum atomic E-state index is 0.739. The van der Waals surface area contributed by atoms with E-state index in [0.29, 0.717) is 0 Å². The molecule has 0 saturated heterocycles. The molecule has 4 heteroatoms. The largest absolute Gasteiger partial charge is 0.398 e. The number of halogens is 1. The smallest absolute Gasteiger partial charge is 0.0833 e. The van der Waals surface area contributed by atoms with E-state index >= 15 is 0 Å². The zero-order valence-electron chi connectivity index (χ0n) is 5.54. The van der Waals surface area contributed by atoms with Crippen LogP contribution in [0.15, 0.2) is 22.1 Å². The number of nitrogens with zero attached hydrogens (tertiary/aromatic N) is 1. The van der Waals surface area contributed by atoms with Crippen LogP contribution in [0.25, 0.3) is 10.2 Å². The molecule has 56 valence electrons. The van der Waals surface area contributed by atoms with E-state index in [2.05, 4.69) is 20.9 Å². The molecular formula is C7H5BrN2S. The Morgan fingerprint density at radius 3 is 3.09 bits per heavy atom. The first kappa shape index (κ1) is 7.06. The van der Waals surface area contributed by atoms with Crippen LogP contribution >= 0.6 is 27.3 Å². The second-order valence-electron chi connectivity index (χ2n) is 2.19.